The predicted octanol–water partition coefficient (Wildman–Crippen LogP) is 20.8. The summed E-state index contributed by atoms with van der Waals surface area (Å²) < 4.78 is 25.3. The van der Waals surface area contributed by atoms with Gasteiger partial charge in [0.2, 0.25) is 0 Å². The first-order valence-electron chi connectivity index (χ1n) is 42.1. The van der Waals surface area contributed by atoms with E-state index in [0.717, 1.165) is 78.7 Å². The third-order valence-corrected chi connectivity index (χ3v) is 39.6. The van der Waals surface area contributed by atoms with Crippen molar-refractivity contribution in [3.05, 3.63) is 406 Å². The van der Waals surface area contributed by atoms with Crippen LogP contribution in [0.15, 0.2) is 362 Å². The van der Waals surface area contributed by atoms with E-state index >= 15 is 0 Å². The molecule has 8 nitrogen and oxygen atoms in total. The van der Waals surface area contributed by atoms with Gasteiger partial charge in [0.1, 0.15) is 8.07 Å². The van der Waals surface area contributed by atoms with Crippen molar-refractivity contribution in [1.82, 2.24) is 29.9 Å². The largest absolute Gasteiger partial charge is 0.305 e. The number of fused-ring (bicyclic) bond motifs is 9. The summed E-state index contributed by atoms with van der Waals surface area (Å²) in [6, 6.07) is 128. The van der Waals surface area contributed by atoms with Gasteiger partial charge in [-0.25, -0.2) is 8.42 Å². The zero-order valence-corrected chi connectivity index (χ0v) is 86.9. The molecule has 17 heteroatoms. The van der Waals surface area contributed by atoms with Crippen molar-refractivity contribution < 1.29 is 68.7 Å². The number of hydrogen-bond acceptors (Lipinski definition) is 8. The minimum atomic E-state index is -3.44. The Hall–Kier alpha value is -10.7. The molecule has 0 fully saturated rings. The molecule has 0 atom stereocenters. The van der Waals surface area contributed by atoms with Crippen LogP contribution < -0.4 is 46.7 Å². The third kappa shape index (κ3) is 20.9. The Bertz CT molecular complexity index is 6510. The summed E-state index contributed by atoms with van der Waals surface area (Å²) >= 11 is 0. The molecule has 11 aromatic carbocycles. The molecule has 3 aliphatic heterocycles. The molecule has 3 radical (unpaired) electrons. The molecule has 9 heterocycles. The van der Waals surface area contributed by atoms with Crippen molar-refractivity contribution in [3.8, 4) is 101 Å². The molecule has 641 valence electrons. The quantitative estimate of drug-likeness (QED) is 0.0930. The van der Waals surface area contributed by atoms with E-state index in [2.05, 4.69) is 344 Å². The van der Waals surface area contributed by atoms with E-state index in [1.54, 1.807) is 18.2 Å². The maximum atomic E-state index is 12.6. The molecule has 6 aromatic heterocycles. The fourth-order valence-corrected chi connectivity index (χ4v) is 29.2. The van der Waals surface area contributed by atoms with Crippen LogP contribution in [0.5, 0.6) is 0 Å². The van der Waals surface area contributed by atoms with Crippen LogP contribution in [0.4, 0.5) is 0 Å². The van der Waals surface area contributed by atoms with Gasteiger partial charge in [-0.15, -0.1) is 189 Å². The Morgan fingerprint density at radius 1 is 0.283 bits per heavy atom. The smallest absolute Gasteiger partial charge is 0.173 e. The second-order valence-electron chi connectivity index (χ2n) is 35.1. The first-order valence-corrected chi connectivity index (χ1v) is 59.1. The second-order valence-corrected chi connectivity index (χ2v) is 60.2. The summed E-state index contributed by atoms with van der Waals surface area (Å²) in [6.45, 7) is 32.1. The average Bonchev–Trinajstić information content (AvgIpc) is 1.54. The van der Waals surface area contributed by atoms with E-state index in [4.69, 9.17) is 9.97 Å². The Kier molecular flexibility index (Phi) is 30.9. The van der Waals surface area contributed by atoms with Crippen LogP contribution in [-0.2, 0) is 70.2 Å². The van der Waals surface area contributed by atoms with Gasteiger partial charge in [-0.2, -0.15) is 0 Å². The van der Waals surface area contributed by atoms with E-state index in [9.17, 15) is 8.42 Å². The molecule has 0 spiro atoms. The fourth-order valence-electron chi connectivity index (χ4n) is 16.3. The second kappa shape index (κ2) is 41.2. The molecule has 0 unspecified atom stereocenters. The standard InChI is InChI=1S/C32H28NSi2.C22H24NSi2.C20H18NO2SSi.3C12H10N.3Ir/c1-34(2,3)27-19-20-30(33-23-27)24-18-21-32-29(22-24)28-16-10-11-17-31(28)35(32,25-12-6-4-7-13-25)26-14-8-5-9-15-26;1-24(2,3)17-11-12-20(23-15-17)16-10-13-22-19(14-16)18-8-6-7-9-21(18)25(22,4)5;1-25(2,3)15-9-10-18(21-13-15)14-8-11-20-17(12-14)16-6-4-5-7-19(16)24(20,22)23;3*1-10-6-5-9-13-12(10)11-7-3-2-4-8-11;;;/h4-17,19-23H,1-3H3;6-9,11-15H,1-5H3;4-7,9-13H,1-3H3;3*2-7,9H,1H3;;;/q6*-1;;;. The zero-order chi connectivity index (χ0) is 87.0. The number of nitrogens with zero attached hydrogens (tertiary/aromatic N) is 6. The molecule has 17 aromatic rings. The van der Waals surface area contributed by atoms with Crippen molar-refractivity contribution in [2.75, 3.05) is 0 Å². The van der Waals surface area contributed by atoms with Crippen molar-refractivity contribution in [1.29, 1.82) is 0 Å². The van der Waals surface area contributed by atoms with Crippen LogP contribution in [0, 0.1) is 57.2 Å². The van der Waals surface area contributed by atoms with Crippen LogP contribution in [-0.4, -0.2) is 78.7 Å². The number of sulfone groups is 1. The van der Waals surface area contributed by atoms with Gasteiger partial charge in [0.05, 0.1) is 37.2 Å². The number of pyridine rings is 6. The Morgan fingerprint density at radius 2 is 0.622 bits per heavy atom. The van der Waals surface area contributed by atoms with Crippen LogP contribution in [0.2, 0.25) is 72.0 Å². The first-order chi connectivity index (χ1) is 59.7. The molecule has 0 N–H and O–H groups in total. The predicted molar refractivity (Wildman–Crippen MR) is 530 cm³/mol. The van der Waals surface area contributed by atoms with Crippen molar-refractivity contribution >= 4 is 96.9 Å². The Labute approximate surface area is 797 Å². The summed E-state index contributed by atoms with van der Waals surface area (Å²) in [5.74, 6) is 0. The molecule has 0 aliphatic carbocycles. The van der Waals surface area contributed by atoms with Crippen LogP contribution >= 0.6 is 0 Å². The molecular weight excluding hydrogens is 2190 g/mol. The third-order valence-electron chi connectivity index (χ3n) is 23.2. The van der Waals surface area contributed by atoms with Crippen LogP contribution in [0.3, 0.4) is 0 Å². The van der Waals surface area contributed by atoms with E-state index in [1.807, 2.05) is 140 Å². The topological polar surface area (TPSA) is 111 Å². The molecule has 127 heavy (non-hydrogen) atoms. The van der Waals surface area contributed by atoms with Gasteiger partial charge < -0.3 is 29.9 Å². The van der Waals surface area contributed by atoms with Crippen molar-refractivity contribution in [3.63, 3.8) is 0 Å². The average molecular weight is 2290 g/mol. The SMILES string of the molecule is C[Si](C)(C)c1ccc(-c2[c-]cc3c(c2)-c2ccccc2S3(=O)=O)nc1.C[Si](C)(C)c1ccc(-c2[c-]cc3c(c2)-c2ccccc2[Si]3(C)C)nc1.C[Si](C)(C)c1ccc(-c2[c-]cc3c(c2)-c2ccccc2[Si]3(c2ccccc2)c2ccccc2)nc1.Cc1cccnc1-c1[c-]cccc1.Cc1cccnc1-c1[c-]cccc1.Cc1cccnc1-c1[c-]cccc1.[Ir].[Ir].[Ir]. The monoisotopic (exact) mass is 2290 g/mol. The van der Waals surface area contributed by atoms with Gasteiger partial charge in [-0.3, -0.25) is 0 Å². The van der Waals surface area contributed by atoms with Crippen molar-refractivity contribution in [2.24, 2.45) is 0 Å². The number of hydrogen-bond donors (Lipinski definition) is 0. The Balaban J connectivity index is 0.000000144. The molecule has 0 bridgehead atoms. The van der Waals surface area contributed by atoms with Gasteiger partial charge in [0.15, 0.2) is 9.84 Å². The van der Waals surface area contributed by atoms with Crippen LogP contribution in [0.25, 0.3) is 101 Å². The fraction of sp³-hybridized carbons (Fsp3) is 0.127. The van der Waals surface area contributed by atoms with Gasteiger partial charge in [-0.1, -0.05) is 303 Å². The number of aromatic nitrogens is 6. The first kappa shape index (κ1) is 95.4. The number of benzene rings is 11. The van der Waals surface area contributed by atoms with E-state index in [1.165, 1.54) is 85.6 Å². The van der Waals surface area contributed by atoms with E-state index < -0.39 is 50.2 Å². The number of aryl methyl sites for hydroxylation is 3. The summed E-state index contributed by atoms with van der Waals surface area (Å²) in [4.78, 5) is 27.9. The molecule has 3 aliphatic rings. The van der Waals surface area contributed by atoms with E-state index in [-0.39, 0.29) is 60.3 Å². The van der Waals surface area contributed by atoms with Crippen LogP contribution in [0.1, 0.15) is 16.7 Å². The van der Waals surface area contributed by atoms with Gasteiger partial charge in [0.25, 0.3) is 0 Å². The maximum absolute atomic E-state index is 12.6. The maximum Gasteiger partial charge on any atom is 0.173 e. The molecule has 0 amide bonds. The zero-order valence-electron chi connectivity index (χ0n) is 73.9. The summed E-state index contributed by atoms with van der Waals surface area (Å²) in [7, 11) is -11.5. The van der Waals surface area contributed by atoms with Gasteiger partial charge >= 0.3 is 0 Å². The molecule has 0 saturated carbocycles. The Morgan fingerprint density at radius 3 is 1.00 bits per heavy atom. The summed E-state index contributed by atoms with van der Waals surface area (Å²) in [5.41, 5.74) is 22.5. The molecule has 0 saturated heterocycles. The van der Waals surface area contributed by atoms with Gasteiger partial charge in [0, 0.05) is 97.5 Å². The minimum absolute atomic E-state index is 0. The van der Waals surface area contributed by atoms with Gasteiger partial charge in [-0.05, 0) is 122 Å². The normalized spacial score (nSPS) is 12.7. The van der Waals surface area contributed by atoms with Crippen molar-refractivity contribution in [2.45, 2.75) is 103 Å². The molecular formula is C110H100Ir3N6O2SSi5-6. The minimum Gasteiger partial charge on any atom is -0.305 e. The number of rotatable bonds is 11. The summed E-state index contributed by atoms with van der Waals surface area (Å²) in [6.07, 6.45) is 11.5. The molecule has 20 rings (SSSR count). The summed E-state index contributed by atoms with van der Waals surface area (Å²) in [5, 5.41) is 12.8. The van der Waals surface area contributed by atoms with E-state index in [0.29, 0.717) is 9.79 Å².